The molecule has 1 aromatic rings. The second-order valence-corrected chi connectivity index (χ2v) is 4.92. The molecule has 2 rings (SSSR count). The fourth-order valence-electron chi connectivity index (χ4n) is 2.38. The smallest absolute Gasteiger partial charge is 0.105 e. The van der Waals surface area contributed by atoms with Gasteiger partial charge in [-0.3, -0.25) is 0 Å². The van der Waals surface area contributed by atoms with Gasteiger partial charge >= 0.3 is 0 Å². The van der Waals surface area contributed by atoms with Gasteiger partial charge in [0.25, 0.3) is 0 Å². The largest absolute Gasteiger partial charge is 0.390 e. The first kappa shape index (κ1) is 9.71. The molecule has 2 atom stereocenters. The topological polar surface area (TPSA) is 38.0 Å². The molecule has 2 unspecified atom stereocenters. The highest BCUT2D eigenvalue weighted by atomic mass is 16.3. The Kier molecular flexibility index (Phi) is 2.14. The second kappa shape index (κ2) is 3.09. The summed E-state index contributed by atoms with van der Waals surface area (Å²) < 4.78 is 2.10. The zero-order valence-corrected chi connectivity index (χ0v) is 9.07. The average Bonchev–Trinajstić information content (AvgIpc) is 2.61. The minimum Gasteiger partial charge on any atom is -0.390 e. The Labute approximate surface area is 84.8 Å². The van der Waals surface area contributed by atoms with Gasteiger partial charge in [0, 0.05) is 12.4 Å². The van der Waals surface area contributed by atoms with Crippen molar-refractivity contribution in [3.63, 3.8) is 0 Å². The van der Waals surface area contributed by atoms with Crippen molar-refractivity contribution in [3.05, 3.63) is 18.2 Å². The average molecular weight is 194 g/mol. The summed E-state index contributed by atoms with van der Waals surface area (Å²) in [6.45, 7) is 6.24. The van der Waals surface area contributed by atoms with E-state index in [0.29, 0.717) is 0 Å². The van der Waals surface area contributed by atoms with E-state index >= 15 is 0 Å². The van der Waals surface area contributed by atoms with Gasteiger partial charge in [-0.2, -0.15) is 0 Å². The highest BCUT2D eigenvalue weighted by Gasteiger charge is 2.41. The SMILES string of the molecule is Cc1nccn1C1CCC(C)(C)C1O. The summed E-state index contributed by atoms with van der Waals surface area (Å²) in [6.07, 6.45) is 5.63. The lowest BCUT2D eigenvalue weighted by atomic mass is 9.89. The molecule has 3 nitrogen and oxygen atoms in total. The zero-order chi connectivity index (χ0) is 10.3. The predicted octanol–water partition coefficient (Wildman–Crippen LogP) is 1.91. The van der Waals surface area contributed by atoms with Crippen LogP contribution < -0.4 is 0 Å². The molecular weight excluding hydrogens is 176 g/mol. The first-order valence-electron chi connectivity index (χ1n) is 5.20. The number of aromatic nitrogens is 2. The van der Waals surface area contributed by atoms with Crippen LogP contribution in [0.2, 0.25) is 0 Å². The molecule has 1 aliphatic carbocycles. The third kappa shape index (κ3) is 1.36. The van der Waals surface area contributed by atoms with E-state index < -0.39 is 0 Å². The van der Waals surface area contributed by atoms with Crippen molar-refractivity contribution in [1.29, 1.82) is 0 Å². The molecule has 0 aliphatic heterocycles. The van der Waals surface area contributed by atoms with Crippen molar-refractivity contribution in [3.8, 4) is 0 Å². The monoisotopic (exact) mass is 194 g/mol. The number of nitrogens with zero attached hydrogens (tertiary/aromatic N) is 2. The number of imidazole rings is 1. The molecule has 1 aromatic heterocycles. The lowest BCUT2D eigenvalue weighted by Crippen LogP contribution is -2.29. The van der Waals surface area contributed by atoms with E-state index in [1.165, 1.54) is 0 Å². The lowest BCUT2D eigenvalue weighted by molar-refractivity contribution is 0.0492. The van der Waals surface area contributed by atoms with Gasteiger partial charge in [0.15, 0.2) is 0 Å². The van der Waals surface area contributed by atoms with Gasteiger partial charge in [0.05, 0.1) is 12.1 Å². The van der Waals surface area contributed by atoms with Crippen molar-refractivity contribution in [2.45, 2.75) is 45.8 Å². The van der Waals surface area contributed by atoms with Crippen LogP contribution in [0.25, 0.3) is 0 Å². The summed E-state index contributed by atoms with van der Waals surface area (Å²) in [4.78, 5) is 4.20. The van der Waals surface area contributed by atoms with E-state index in [4.69, 9.17) is 0 Å². The lowest BCUT2D eigenvalue weighted by Gasteiger charge is -2.26. The minimum atomic E-state index is -0.254. The number of aryl methyl sites for hydroxylation is 1. The standard InChI is InChI=1S/C11H18N2O/c1-8-12-6-7-13(8)9-4-5-11(2,3)10(9)14/h6-7,9-10,14H,4-5H2,1-3H3. The molecule has 1 fully saturated rings. The molecule has 0 aromatic carbocycles. The van der Waals surface area contributed by atoms with E-state index in [9.17, 15) is 5.11 Å². The first-order chi connectivity index (χ1) is 6.52. The van der Waals surface area contributed by atoms with Crippen LogP contribution in [0.4, 0.5) is 0 Å². The van der Waals surface area contributed by atoms with Gasteiger partial charge in [-0.15, -0.1) is 0 Å². The number of hydrogen-bond donors (Lipinski definition) is 1. The fraction of sp³-hybridized carbons (Fsp3) is 0.727. The molecule has 1 heterocycles. The summed E-state index contributed by atoms with van der Waals surface area (Å²) in [5.74, 6) is 0.992. The van der Waals surface area contributed by atoms with Gasteiger partial charge < -0.3 is 9.67 Å². The summed E-state index contributed by atoms with van der Waals surface area (Å²) >= 11 is 0. The maximum atomic E-state index is 10.2. The molecule has 14 heavy (non-hydrogen) atoms. The molecule has 0 saturated heterocycles. The summed E-state index contributed by atoms with van der Waals surface area (Å²) in [5, 5.41) is 10.2. The van der Waals surface area contributed by atoms with Crippen LogP contribution in [-0.4, -0.2) is 20.8 Å². The fourth-order valence-corrected chi connectivity index (χ4v) is 2.38. The van der Waals surface area contributed by atoms with Gasteiger partial charge in [-0.1, -0.05) is 13.8 Å². The Hall–Kier alpha value is -0.830. The molecule has 0 radical (unpaired) electrons. The summed E-state index contributed by atoms with van der Waals surface area (Å²) in [7, 11) is 0. The van der Waals surface area contributed by atoms with Gasteiger partial charge in [0.2, 0.25) is 0 Å². The summed E-state index contributed by atoms with van der Waals surface area (Å²) in [5.41, 5.74) is 0.0430. The molecule has 1 saturated carbocycles. The Morgan fingerprint density at radius 3 is 2.71 bits per heavy atom. The molecular formula is C11H18N2O. The molecule has 0 bridgehead atoms. The Morgan fingerprint density at radius 2 is 2.29 bits per heavy atom. The van der Waals surface area contributed by atoms with E-state index in [2.05, 4.69) is 23.4 Å². The number of aliphatic hydroxyl groups is 1. The van der Waals surface area contributed by atoms with Crippen LogP contribution in [0.3, 0.4) is 0 Å². The summed E-state index contributed by atoms with van der Waals surface area (Å²) in [6, 6.07) is 0.215. The maximum absolute atomic E-state index is 10.2. The first-order valence-corrected chi connectivity index (χ1v) is 5.20. The third-order valence-corrected chi connectivity index (χ3v) is 3.47. The Bertz CT molecular complexity index is 330. The highest BCUT2D eigenvalue weighted by molar-refractivity contribution is 5.00. The van der Waals surface area contributed by atoms with Crippen LogP contribution >= 0.6 is 0 Å². The van der Waals surface area contributed by atoms with Crippen LogP contribution in [-0.2, 0) is 0 Å². The number of hydrogen-bond acceptors (Lipinski definition) is 2. The Morgan fingerprint density at radius 1 is 1.57 bits per heavy atom. The third-order valence-electron chi connectivity index (χ3n) is 3.47. The van der Waals surface area contributed by atoms with Crippen LogP contribution in [0, 0.1) is 12.3 Å². The molecule has 78 valence electrons. The van der Waals surface area contributed by atoms with Crippen LogP contribution in [0.1, 0.15) is 38.6 Å². The zero-order valence-electron chi connectivity index (χ0n) is 9.07. The molecule has 1 aliphatic rings. The van der Waals surface area contributed by atoms with E-state index in [1.807, 2.05) is 13.1 Å². The highest BCUT2D eigenvalue weighted by Crippen LogP contribution is 2.43. The number of aliphatic hydroxyl groups excluding tert-OH is 1. The van der Waals surface area contributed by atoms with E-state index in [0.717, 1.165) is 18.7 Å². The van der Waals surface area contributed by atoms with Crippen LogP contribution in [0.15, 0.2) is 12.4 Å². The van der Waals surface area contributed by atoms with Crippen LogP contribution in [0.5, 0.6) is 0 Å². The van der Waals surface area contributed by atoms with Gasteiger partial charge in [-0.25, -0.2) is 4.98 Å². The van der Waals surface area contributed by atoms with Gasteiger partial charge in [-0.05, 0) is 25.2 Å². The van der Waals surface area contributed by atoms with Crippen molar-refractivity contribution < 1.29 is 5.11 Å². The maximum Gasteiger partial charge on any atom is 0.105 e. The normalized spacial score (nSPS) is 30.9. The minimum absolute atomic E-state index is 0.0430. The molecule has 0 amide bonds. The second-order valence-electron chi connectivity index (χ2n) is 4.92. The quantitative estimate of drug-likeness (QED) is 0.741. The van der Waals surface area contributed by atoms with Crippen molar-refractivity contribution >= 4 is 0 Å². The predicted molar refractivity (Wildman–Crippen MR) is 55.0 cm³/mol. The van der Waals surface area contributed by atoms with Crippen molar-refractivity contribution in [2.24, 2.45) is 5.41 Å². The van der Waals surface area contributed by atoms with E-state index in [-0.39, 0.29) is 17.6 Å². The molecule has 1 N–H and O–H groups in total. The van der Waals surface area contributed by atoms with Gasteiger partial charge in [0.1, 0.15) is 5.82 Å². The van der Waals surface area contributed by atoms with E-state index in [1.54, 1.807) is 6.20 Å². The molecule has 0 spiro atoms. The Balaban J connectivity index is 2.27. The number of rotatable bonds is 1. The van der Waals surface area contributed by atoms with Crippen molar-refractivity contribution in [1.82, 2.24) is 9.55 Å². The molecule has 3 heteroatoms. The van der Waals surface area contributed by atoms with Crippen molar-refractivity contribution in [2.75, 3.05) is 0 Å².